The van der Waals surface area contributed by atoms with Gasteiger partial charge >= 0.3 is 6.09 Å². The van der Waals surface area contributed by atoms with E-state index in [-0.39, 0.29) is 12.0 Å². The second kappa shape index (κ2) is 8.22. The first-order valence-electron chi connectivity index (χ1n) is 10.7. The van der Waals surface area contributed by atoms with E-state index in [0.29, 0.717) is 18.9 Å². The first kappa shape index (κ1) is 21.2. The summed E-state index contributed by atoms with van der Waals surface area (Å²) in [6.45, 7) is 10.7. The molecule has 1 fully saturated rings. The Hall–Kier alpha value is -3.07. The number of anilines is 2. The fourth-order valence-electron chi connectivity index (χ4n) is 4.09. The second-order valence-corrected chi connectivity index (χ2v) is 9.03. The number of benzene rings is 1. The number of rotatable bonds is 4. The molecule has 2 aromatic heterocycles. The van der Waals surface area contributed by atoms with Crippen molar-refractivity contribution in [1.29, 1.82) is 0 Å². The van der Waals surface area contributed by atoms with Gasteiger partial charge in [-0.05, 0) is 51.9 Å². The van der Waals surface area contributed by atoms with E-state index in [4.69, 9.17) is 16.2 Å². The SMILES string of the molecule is CC(C)(C)OC(=O)N1CCN(CCCn2ccc3c4c(N)nc(N)nc4ccc32)CC1. The number of carbonyl (C=O) groups is 1. The van der Waals surface area contributed by atoms with E-state index in [1.165, 1.54) is 0 Å². The summed E-state index contributed by atoms with van der Waals surface area (Å²) in [6.07, 6.45) is 2.88. The highest BCUT2D eigenvalue weighted by atomic mass is 16.6. The normalized spacial score (nSPS) is 15.6. The summed E-state index contributed by atoms with van der Waals surface area (Å²) in [5.74, 6) is 0.601. The quantitative estimate of drug-likeness (QED) is 0.660. The number of ether oxygens (including phenoxy) is 1. The number of hydrogen-bond donors (Lipinski definition) is 2. The van der Waals surface area contributed by atoms with Crippen LogP contribution in [-0.4, -0.2) is 68.8 Å². The highest BCUT2D eigenvalue weighted by Gasteiger charge is 2.25. The Bertz CT molecular complexity index is 1090. The highest BCUT2D eigenvalue weighted by Crippen LogP contribution is 2.29. The monoisotopic (exact) mass is 425 g/mol. The maximum Gasteiger partial charge on any atom is 0.410 e. The smallest absolute Gasteiger partial charge is 0.410 e. The minimum atomic E-state index is -0.456. The van der Waals surface area contributed by atoms with Crippen LogP contribution in [0.15, 0.2) is 24.4 Å². The fraction of sp³-hybridized carbons (Fsp3) is 0.500. The number of nitrogens with two attached hydrogens (primary N) is 2. The predicted octanol–water partition coefficient (Wildman–Crippen LogP) is 2.69. The number of aryl methyl sites for hydroxylation is 1. The van der Waals surface area contributed by atoms with E-state index in [1.54, 1.807) is 4.90 Å². The van der Waals surface area contributed by atoms with Gasteiger partial charge in [0.15, 0.2) is 0 Å². The molecule has 1 aromatic carbocycles. The van der Waals surface area contributed by atoms with Crippen LogP contribution in [0.4, 0.5) is 16.6 Å². The molecule has 9 nitrogen and oxygen atoms in total. The number of amides is 1. The minimum absolute atomic E-state index is 0.190. The van der Waals surface area contributed by atoms with Gasteiger partial charge in [-0.3, -0.25) is 4.90 Å². The first-order chi connectivity index (χ1) is 14.7. The van der Waals surface area contributed by atoms with E-state index in [1.807, 2.05) is 26.8 Å². The summed E-state index contributed by atoms with van der Waals surface area (Å²) >= 11 is 0. The third kappa shape index (κ3) is 4.66. The van der Waals surface area contributed by atoms with Gasteiger partial charge in [0, 0.05) is 49.8 Å². The van der Waals surface area contributed by atoms with Gasteiger partial charge in [-0.2, -0.15) is 4.98 Å². The topological polar surface area (TPSA) is 116 Å². The molecular weight excluding hydrogens is 394 g/mol. The zero-order chi connectivity index (χ0) is 22.2. The number of fused-ring (bicyclic) bond motifs is 3. The fourth-order valence-corrected chi connectivity index (χ4v) is 4.09. The van der Waals surface area contributed by atoms with Crippen molar-refractivity contribution in [3.8, 4) is 0 Å². The van der Waals surface area contributed by atoms with E-state index in [0.717, 1.165) is 54.4 Å². The number of nitrogen functional groups attached to an aromatic ring is 2. The standard InChI is InChI=1S/C22H31N7O2/c1-22(2,3)31-21(30)29-13-11-27(12-14-29)8-4-9-28-10-7-15-17(28)6-5-16-18(15)19(23)26-20(24)25-16/h5-7,10H,4,8-9,11-14H2,1-3H3,(H4,23,24,25,26). The number of carbonyl (C=O) groups excluding carboxylic acids is 1. The largest absolute Gasteiger partial charge is 0.444 e. The van der Waals surface area contributed by atoms with Crippen LogP contribution in [-0.2, 0) is 11.3 Å². The van der Waals surface area contributed by atoms with Crippen molar-refractivity contribution in [2.75, 3.05) is 44.2 Å². The molecule has 0 atom stereocenters. The van der Waals surface area contributed by atoms with Crippen molar-refractivity contribution in [3.63, 3.8) is 0 Å². The third-order valence-corrected chi connectivity index (χ3v) is 5.55. The molecule has 0 unspecified atom stereocenters. The summed E-state index contributed by atoms with van der Waals surface area (Å²) < 4.78 is 7.71. The molecule has 9 heteroatoms. The van der Waals surface area contributed by atoms with Crippen LogP contribution in [0.1, 0.15) is 27.2 Å². The summed E-state index contributed by atoms with van der Waals surface area (Å²) in [6, 6.07) is 6.06. The third-order valence-electron chi connectivity index (χ3n) is 5.55. The maximum absolute atomic E-state index is 12.2. The molecule has 0 bridgehead atoms. The molecule has 1 aliphatic rings. The summed E-state index contributed by atoms with van der Waals surface area (Å²) in [7, 11) is 0. The second-order valence-electron chi connectivity index (χ2n) is 9.03. The van der Waals surface area contributed by atoms with Crippen molar-refractivity contribution >= 4 is 39.7 Å². The summed E-state index contributed by atoms with van der Waals surface area (Å²) in [4.78, 5) is 24.8. The van der Waals surface area contributed by atoms with Gasteiger partial charge in [0.25, 0.3) is 0 Å². The van der Waals surface area contributed by atoms with Crippen LogP contribution in [0, 0.1) is 0 Å². The summed E-state index contributed by atoms with van der Waals surface area (Å²) in [5.41, 5.74) is 13.3. The molecule has 0 spiro atoms. The Morgan fingerprint density at radius 1 is 1.06 bits per heavy atom. The van der Waals surface area contributed by atoms with Gasteiger partial charge in [0.1, 0.15) is 11.4 Å². The Balaban J connectivity index is 1.34. The average Bonchev–Trinajstić information content (AvgIpc) is 3.09. The molecule has 0 aliphatic carbocycles. The number of piperazine rings is 1. The highest BCUT2D eigenvalue weighted by molar-refractivity contribution is 6.10. The van der Waals surface area contributed by atoms with Crippen LogP contribution in [0.5, 0.6) is 0 Å². The van der Waals surface area contributed by atoms with Gasteiger partial charge in [-0.1, -0.05) is 0 Å². The zero-order valence-corrected chi connectivity index (χ0v) is 18.5. The molecule has 3 heterocycles. The van der Waals surface area contributed by atoms with E-state index in [9.17, 15) is 4.79 Å². The van der Waals surface area contributed by atoms with Gasteiger partial charge in [0.05, 0.1) is 10.9 Å². The zero-order valence-electron chi connectivity index (χ0n) is 18.5. The van der Waals surface area contributed by atoms with Gasteiger partial charge in [0.2, 0.25) is 5.95 Å². The van der Waals surface area contributed by atoms with Crippen LogP contribution >= 0.6 is 0 Å². The Morgan fingerprint density at radius 3 is 2.52 bits per heavy atom. The van der Waals surface area contributed by atoms with E-state index in [2.05, 4.69) is 37.8 Å². The van der Waals surface area contributed by atoms with Crippen LogP contribution in [0.3, 0.4) is 0 Å². The van der Waals surface area contributed by atoms with Gasteiger partial charge < -0.3 is 25.7 Å². The van der Waals surface area contributed by atoms with Crippen LogP contribution in [0.2, 0.25) is 0 Å². The maximum atomic E-state index is 12.2. The Labute approximate surface area is 182 Å². The molecule has 3 aromatic rings. The number of hydrogen-bond acceptors (Lipinski definition) is 7. The lowest BCUT2D eigenvalue weighted by Crippen LogP contribution is -2.50. The van der Waals surface area contributed by atoms with Gasteiger partial charge in [-0.15, -0.1) is 0 Å². The average molecular weight is 426 g/mol. The first-order valence-corrected chi connectivity index (χ1v) is 10.7. The van der Waals surface area contributed by atoms with Crippen LogP contribution in [0.25, 0.3) is 21.8 Å². The predicted molar refractivity (Wildman–Crippen MR) is 123 cm³/mol. The number of nitrogens with zero attached hydrogens (tertiary/aromatic N) is 5. The van der Waals surface area contributed by atoms with Crippen molar-refractivity contribution in [2.24, 2.45) is 0 Å². The van der Waals surface area contributed by atoms with Crippen molar-refractivity contribution in [1.82, 2.24) is 24.3 Å². The van der Waals surface area contributed by atoms with E-state index < -0.39 is 5.60 Å². The van der Waals surface area contributed by atoms with Crippen molar-refractivity contribution in [2.45, 2.75) is 39.3 Å². The molecule has 0 saturated carbocycles. The molecule has 1 amide bonds. The molecule has 4 N–H and O–H groups in total. The summed E-state index contributed by atoms with van der Waals surface area (Å²) in [5, 5.41) is 1.89. The lowest BCUT2D eigenvalue weighted by molar-refractivity contribution is 0.0144. The van der Waals surface area contributed by atoms with E-state index >= 15 is 0 Å². The van der Waals surface area contributed by atoms with Crippen molar-refractivity contribution < 1.29 is 9.53 Å². The number of aromatic nitrogens is 3. The van der Waals surface area contributed by atoms with Crippen LogP contribution < -0.4 is 11.5 Å². The molecule has 0 radical (unpaired) electrons. The molecule has 1 saturated heterocycles. The van der Waals surface area contributed by atoms with Gasteiger partial charge in [-0.25, -0.2) is 9.78 Å². The Kier molecular flexibility index (Phi) is 5.62. The van der Waals surface area contributed by atoms with Crippen molar-refractivity contribution in [3.05, 3.63) is 24.4 Å². The molecule has 31 heavy (non-hydrogen) atoms. The molecule has 4 rings (SSSR count). The Morgan fingerprint density at radius 2 is 1.81 bits per heavy atom. The minimum Gasteiger partial charge on any atom is -0.444 e. The lowest BCUT2D eigenvalue weighted by Gasteiger charge is -2.35. The molecule has 1 aliphatic heterocycles. The molecular formula is C22H31N7O2. The lowest BCUT2D eigenvalue weighted by atomic mass is 10.1. The molecule has 166 valence electrons.